The van der Waals surface area contributed by atoms with Gasteiger partial charge in [0.15, 0.2) is 0 Å². The van der Waals surface area contributed by atoms with Crippen LogP contribution in [0.3, 0.4) is 0 Å². The molecule has 2 aliphatic rings. The molecule has 1 heterocycles. The molecule has 0 spiro atoms. The molecule has 5 heteroatoms. The van der Waals surface area contributed by atoms with E-state index >= 15 is 0 Å². The largest absolute Gasteiger partial charge is 0.370 e. The molecule has 0 amide bonds. The number of aromatic nitrogens is 2. The topological polar surface area (TPSA) is 74.2 Å². The molecule has 2 N–H and O–H groups in total. The molecule has 0 aliphatic heterocycles. The van der Waals surface area contributed by atoms with Gasteiger partial charge in [-0.15, -0.1) is 0 Å². The summed E-state index contributed by atoms with van der Waals surface area (Å²) in [4.78, 5) is 4.69. The van der Waals surface area contributed by atoms with Crippen molar-refractivity contribution in [1.82, 2.24) is 10.1 Å². The third kappa shape index (κ3) is 2.86. The van der Waals surface area contributed by atoms with E-state index in [9.17, 15) is 0 Å². The van der Waals surface area contributed by atoms with Crippen molar-refractivity contribution in [2.45, 2.75) is 81.8 Å². The van der Waals surface area contributed by atoms with Crippen molar-refractivity contribution < 1.29 is 9.26 Å². The molecular weight excluding hydrogens is 266 g/mol. The first-order valence-corrected chi connectivity index (χ1v) is 8.37. The lowest BCUT2D eigenvalue weighted by molar-refractivity contribution is -0.0365. The Labute approximate surface area is 126 Å². The van der Waals surface area contributed by atoms with E-state index in [0.29, 0.717) is 11.7 Å². The van der Waals surface area contributed by atoms with Gasteiger partial charge in [-0.1, -0.05) is 50.1 Å². The van der Waals surface area contributed by atoms with Crippen molar-refractivity contribution in [3.05, 3.63) is 11.7 Å². The van der Waals surface area contributed by atoms with Gasteiger partial charge in [0.25, 0.3) is 0 Å². The fourth-order valence-corrected chi connectivity index (χ4v) is 3.83. The van der Waals surface area contributed by atoms with E-state index in [-0.39, 0.29) is 5.60 Å². The van der Waals surface area contributed by atoms with E-state index in [1.165, 1.54) is 19.3 Å². The van der Waals surface area contributed by atoms with Crippen molar-refractivity contribution >= 4 is 0 Å². The number of nitrogens with two attached hydrogens (primary N) is 1. The lowest BCUT2D eigenvalue weighted by Gasteiger charge is -2.30. The molecule has 2 aliphatic carbocycles. The SMILES string of the molecule is COC1(c2noc(C3(N)CCCCC3)n2)CCCCCC1. The standard InChI is InChI=1S/C16H27N3O2/c1-20-16(11-7-2-3-8-12-16)13-18-14(21-19-13)15(17)9-5-4-6-10-15/h2-12,17H2,1H3. The van der Waals surface area contributed by atoms with Gasteiger partial charge < -0.3 is 15.0 Å². The molecule has 2 fully saturated rings. The fourth-order valence-electron chi connectivity index (χ4n) is 3.83. The third-order valence-electron chi connectivity index (χ3n) is 5.31. The summed E-state index contributed by atoms with van der Waals surface area (Å²) in [6.45, 7) is 0. The van der Waals surface area contributed by atoms with Crippen LogP contribution in [0.5, 0.6) is 0 Å². The van der Waals surface area contributed by atoms with Crippen LogP contribution in [0.15, 0.2) is 4.52 Å². The van der Waals surface area contributed by atoms with E-state index in [1.54, 1.807) is 7.11 Å². The Morgan fingerprint density at radius 3 is 2.14 bits per heavy atom. The maximum absolute atomic E-state index is 6.50. The summed E-state index contributed by atoms with van der Waals surface area (Å²) in [5.74, 6) is 1.31. The second kappa shape index (κ2) is 6.05. The van der Waals surface area contributed by atoms with E-state index in [0.717, 1.165) is 51.4 Å². The molecule has 0 bridgehead atoms. The number of methoxy groups -OCH3 is 1. The van der Waals surface area contributed by atoms with Gasteiger partial charge in [-0.25, -0.2) is 0 Å². The molecule has 2 saturated carbocycles. The van der Waals surface area contributed by atoms with Crippen LogP contribution in [0, 0.1) is 0 Å². The van der Waals surface area contributed by atoms with Gasteiger partial charge >= 0.3 is 0 Å². The second-order valence-electron chi connectivity index (χ2n) is 6.75. The highest BCUT2D eigenvalue weighted by Crippen LogP contribution is 2.39. The number of rotatable bonds is 3. The van der Waals surface area contributed by atoms with Crippen molar-refractivity contribution in [2.75, 3.05) is 7.11 Å². The molecule has 3 rings (SSSR count). The van der Waals surface area contributed by atoms with Crippen LogP contribution in [0.1, 0.15) is 82.3 Å². The van der Waals surface area contributed by atoms with Crippen LogP contribution in [-0.4, -0.2) is 17.3 Å². The first-order chi connectivity index (χ1) is 10.2. The number of hydrogen-bond acceptors (Lipinski definition) is 5. The lowest BCUT2D eigenvalue weighted by atomic mass is 9.82. The Kier molecular flexibility index (Phi) is 4.31. The number of hydrogen-bond donors (Lipinski definition) is 1. The van der Waals surface area contributed by atoms with Crippen molar-refractivity contribution in [3.63, 3.8) is 0 Å². The highest BCUT2D eigenvalue weighted by atomic mass is 16.5. The predicted molar refractivity (Wildman–Crippen MR) is 79.6 cm³/mol. The molecule has 0 radical (unpaired) electrons. The van der Waals surface area contributed by atoms with E-state index in [1.807, 2.05) is 0 Å². The van der Waals surface area contributed by atoms with Gasteiger partial charge in [0.1, 0.15) is 5.60 Å². The predicted octanol–water partition coefficient (Wildman–Crippen LogP) is 3.38. The summed E-state index contributed by atoms with van der Waals surface area (Å²) in [6, 6.07) is 0. The van der Waals surface area contributed by atoms with E-state index in [2.05, 4.69) is 10.1 Å². The van der Waals surface area contributed by atoms with Gasteiger partial charge in [-0.3, -0.25) is 0 Å². The zero-order chi connectivity index (χ0) is 14.8. The fraction of sp³-hybridized carbons (Fsp3) is 0.875. The summed E-state index contributed by atoms with van der Waals surface area (Å²) in [7, 11) is 1.76. The van der Waals surface area contributed by atoms with Crippen molar-refractivity contribution in [1.29, 1.82) is 0 Å². The molecule has 0 atom stereocenters. The lowest BCUT2D eigenvalue weighted by Crippen LogP contribution is -2.39. The zero-order valence-electron chi connectivity index (χ0n) is 13.1. The van der Waals surface area contributed by atoms with Crippen LogP contribution < -0.4 is 5.73 Å². The minimum atomic E-state index is -0.427. The smallest absolute Gasteiger partial charge is 0.246 e. The summed E-state index contributed by atoms with van der Waals surface area (Å²) in [5.41, 5.74) is 5.70. The number of nitrogens with zero attached hydrogens (tertiary/aromatic N) is 2. The molecule has 118 valence electrons. The molecule has 0 unspecified atom stereocenters. The maximum atomic E-state index is 6.50. The van der Waals surface area contributed by atoms with Gasteiger partial charge in [0, 0.05) is 7.11 Å². The van der Waals surface area contributed by atoms with Gasteiger partial charge in [0.05, 0.1) is 5.54 Å². The second-order valence-corrected chi connectivity index (χ2v) is 6.75. The molecule has 1 aromatic rings. The maximum Gasteiger partial charge on any atom is 0.246 e. The Morgan fingerprint density at radius 2 is 1.52 bits per heavy atom. The zero-order valence-corrected chi connectivity index (χ0v) is 13.1. The van der Waals surface area contributed by atoms with E-state index < -0.39 is 5.54 Å². The van der Waals surface area contributed by atoms with Gasteiger partial charge in [0.2, 0.25) is 11.7 Å². The third-order valence-corrected chi connectivity index (χ3v) is 5.31. The Bertz CT molecular complexity index is 458. The Hall–Kier alpha value is -0.940. The normalized spacial score (nSPS) is 25.4. The summed E-state index contributed by atoms with van der Waals surface area (Å²) < 4.78 is 11.4. The first kappa shape index (κ1) is 15.0. The summed E-state index contributed by atoms with van der Waals surface area (Å²) >= 11 is 0. The highest BCUT2D eigenvalue weighted by Gasteiger charge is 2.41. The van der Waals surface area contributed by atoms with Gasteiger partial charge in [-0.2, -0.15) is 4.98 Å². The molecule has 21 heavy (non-hydrogen) atoms. The Morgan fingerprint density at radius 1 is 0.952 bits per heavy atom. The average molecular weight is 293 g/mol. The highest BCUT2D eigenvalue weighted by molar-refractivity contribution is 5.08. The van der Waals surface area contributed by atoms with Crippen LogP contribution in [0.4, 0.5) is 0 Å². The quantitative estimate of drug-likeness (QED) is 0.865. The molecule has 0 saturated heterocycles. The minimum absolute atomic E-state index is 0.372. The molecular formula is C16H27N3O2. The van der Waals surface area contributed by atoms with Crippen LogP contribution >= 0.6 is 0 Å². The molecule has 0 aromatic carbocycles. The minimum Gasteiger partial charge on any atom is -0.370 e. The van der Waals surface area contributed by atoms with Crippen LogP contribution in [0.25, 0.3) is 0 Å². The summed E-state index contributed by atoms with van der Waals surface area (Å²) in [6.07, 6.45) is 12.2. The molecule has 5 nitrogen and oxygen atoms in total. The van der Waals surface area contributed by atoms with Crippen LogP contribution in [-0.2, 0) is 15.9 Å². The van der Waals surface area contributed by atoms with Crippen molar-refractivity contribution in [3.8, 4) is 0 Å². The number of ether oxygens (including phenoxy) is 1. The summed E-state index contributed by atoms with van der Waals surface area (Å²) in [5, 5.41) is 4.25. The first-order valence-electron chi connectivity index (χ1n) is 8.37. The van der Waals surface area contributed by atoms with Crippen LogP contribution in [0.2, 0.25) is 0 Å². The van der Waals surface area contributed by atoms with Crippen molar-refractivity contribution in [2.24, 2.45) is 5.73 Å². The monoisotopic (exact) mass is 293 g/mol. The molecule has 1 aromatic heterocycles. The van der Waals surface area contributed by atoms with Gasteiger partial charge in [-0.05, 0) is 25.7 Å². The van der Waals surface area contributed by atoms with E-state index in [4.69, 9.17) is 15.0 Å². The average Bonchev–Trinajstić information content (AvgIpc) is 2.89. The Balaban J connectivity index is 1.85.